The number of nitriles is 1. The molecule has 1 heterocycles. The number of carboxylic acid groups (broad SMARTS) is 1. The number of hydrogen-bond acceptors (Lipinski definition) is 3. The molecule has 0 bridgehead atoms. The summed E-state index contributed by atoms with van der Waals surface area (Å²) in [6.45, 7) is 1.66. The summed E-state index contributed by atoms with van der Waals surface area (Å²) in [7, 11) is 0. The van der Waals surface area contributed by atoms with Gasteiger partial charge >= 0.3 is 6.09 Å². The number of nitrogens with one attached hydrogen (secondary N) is 1. The number of carbonyl (C=O) groups is 1. The normalized spacial score (nSPS) is 31.4. The van der Waals surface area contributed by atoms with Crippen LogP contribution in [-0.2, 0) is 0 Å². The molecule has 2 aliphatic rings. The van der Waals surface area contributed by atoms with Crippen molar-refractivity contribution in [1.29, 1.82) is 5.26 Å². The second kappa shape index (κ2) is 4.71. The van der Waals surface area contributed by atoms with E-state index in [1.54, 1.807) is 0 Å². The molecule has 0 spiro atoms. The Morgan fingerprint density at radius 1 is 1.31 bits per heavy atom. The van der Waals surface area contributed by atoms with E-state index in [1.807, 2.05) is 0 Å². The summed E-state index contributed by atoms with van der Waals surface area (Å²) in [4.78, 5) is 12.7. The molecule has 1 aliphatic heterocycles. The molecule has 5 nitrogen and oxygen atoms in total. The highest BCUT2D eigenvalue weighted by atomic mass is 16.4. The van der Waals surface area contributed by atoms with Crippen molar-refractivity contribution in [3.8, 4) is 6.07 Å². The average molecular weight is 223 g/mol. The second-order valence-electron chi connectivity index (χ2n) is 4.73. The van der Waals surface area contributed by atoms with E-state index >= 15 is 0 Å². The van der Waals surface area contributed by atoms with Crippen LogP contribution in [0.2, 0.25) is 0 Å². The monoisotopic (exact) mass is 223 g/mol. The van der Waals surface area contributed by atoms with Gasteiger partial charge in [0.25, 0.3) is 0 Å². The predicted molar refractivity (Wildman–Crippen MR) is 57.9 cm³/mol. The molecule has 0 aromatic heterocycles. The molecule has 2 fully saturated rings. The van der Waals surface area contributed by atoms with Crippen LogP contribution in [0.4, 0.5) is 4.79 Å². The van der Waals surface area contributed by atoms with E-state index in [4.69, 9.17) is 10.4 Å². The van der Waals surface area contributed by atoms with Crippen molar-refractivity contribution in [3.05, 3.63) is 0 Å². The molecule has 1 saturated carbocycles. The third-order valence-corrected chi connectivity index (χ3v) is 3.63. The van der Waals surface area contributed by atoms with Crippen LogP contribution in [0.25, 0.3) is 0 Å². The van der Waals surface area contributed by atoms with Crippen LogP contribution in [-0.4, -0.2) is 41.3 Å². The summed E-state index contributed by atoms with van der Waals surface area (Å²) in [6, 6.07) is 2.99. The van der Waals surface area contributed by atoms with Gasteiger partial charge in [0, 0.05) is 25.0 Å². The van der Waals surface area contributed by atoms with Crippen LogP contribution in [0.5, 0.6) is 0 Å². The quantitative estimate of drug-likeness (QED) is 0.732. The number of nitrogens with zero attached hydrogens (tertiary/aromatic N) is 2. The first-order chi connectivity index (χ1) is 7.69. The van der Waals surface area contributed by atoms with Gasteiger partial charge in [-0.25, -0.2) is 4.79 Å². The van der Waals surface area contributed by atoms with Crippen LogP contribution in [0.15, 0.2) is 0 Å². The van der Waals surface area contributed by atoms with E-state index in [1.165, 1.54) is 0 Å². The SMILES string of the molecule is N#CC1CCC(N2CC(NC(=O)O)C2)CC1. The second-order valence-corrected chi connectivity index (χ2v) is 4.73. The van der Waals surface area contributed by atoms with Gasteiger partial charge in [-0.1, -0.05) is 0 Å². The van der Waals surface area contributed by atoms with Crippen molar-refractivity contribution in [1.82, 2.24) is 10.2 Å². The smallest absolute Gasteiger partial charge is 0.404 e. The first-order valence-electron chi connectivity index (χ1n) is 5.82. The number of hydrogen-bond donors (Lipinski definition) is 2. The topological polar surface area (TPSA) is 76.4 Å². The zero-order valence-corrected chi connectivity index (χ0v) is 9.22. The highest BCUT2D eigenvalue weighted by molar-refractivity contribution is 5.65. The molecule has 1 amide bonds. The van der Waals surface area contributed by atoms with Crippen LogP contribution >= 0.6 is 0 Å². The van der Waals surface area contributed by atoms with E-state index in [-0.39, 0.29) is 12.0 Å². The fourth-order valence-electron chi connectivity index (χ4n) is 2.65. The molecule has 16 heavy (non-hydrogen) atoms. The lowest BCUT2D eigenvalue weighted by molar-refractivity contribution is 0.0516. The molecule has 0 atom stereocenters. The maximum Gasteiger partial charge on any atom is 0.404 e. The van der Waals surface area contributed by atoms with Gasteiger partial charge in [0.1, 0.15) is 0 Å². The highest BCUT2D eigenvalue weighted by Crippen LogP contribution is 2.29. The fraction of sp³-hybridized carbons (Fsp3) is 0.818. The summed E-state index contributed by atoms with van der Waals surface area (Å²) >= 11 is 0. The third kappa shape index (κ3) is 2.45. The van der Waals surface area contributed by atoms with Crippen molar-refractivity contribution >= 4 is 6.09 Å². The average Bonchev–Trinajstić information content (AvgIpc) is 2.23. The van der Waals surface area contributed by atoms with Crippen LogP contribution < -0.4 is 5.32 Å². The third-order valence-electron chi connectivity index (χ3n) is 3.63. The van der Waals surface area contributed by atoms with Gasteiger partial charge in [0.05, 0.1) is 12.1 Å². The molecule has 5 heteroatoms. The van der Waals surface area contributed by atoms with Crippen LogP contribution in [0.1, 0.15) is 25.7 Å². The lowest BCUT2D eigenvalue weighted by Gasteiger charge is -2.45. The minimum absolute atomic E-state index is 0.103. The molecule has 88 valence electrons. The number of likely N-dealkylation sites (tertiary alicyclic amines) is 1. The van der Waals surface area contributed by atoms with Gasteiger partial charge in [-0.2, -0.15) is 5.26 Å². The predicted octanol–water partition coefficient (Wildman–Crippen LogP) is 1.02. The minimum atomic E-state index is -0.933. The maximum atomic E-state index is 10.4. The van der Waals surface area contributed by atoms with Gasteiger partial charge in [-0.3, -0.25) is 4.90 Å². The summed E-state index contributed by atoms with van der Waals surface area (Å²) in [5, 5.41) is 19.8. The van der Waals surface area contributed by atoms with Gasteiger partial charge in [0.15, 0.2) is 0 Å². The Morgan fingerprint density at radius 2 is 1.94 bits per heavy atom. The van der Waals surface area contributed by atoms with Crippen molar-refractivity contribution < 1.29 is 9.90 Å². The van der Waals surface area contributed by atoms with E-state index in [0.29, 0.717) is 6.04 Å². The Morgan fingerprint density at radius 3 is 2.44 bits per heavy atom. The summed E-state index contributed by atoms with van der Waals surface area (Å²) < 4.78 is 0. The summed E-state index contributed by atoms with van der Waals surface area (Å²) in [5.41, 5.74) is 0. The van der Waals surface area contributed by atoms with Crippen molar-refractivity contribution in [2.45, 2.75) is 37.8 Å². The van der Waals surface area contributed by atoms with Gasteiger partial charge in [-0.15, -0.1) is 0 Å². The lowest BCUT2D eigenvalue weighted by Crippen LogP contribution is -2.62. The first-order valence-corrected chi connectivity index (χ1v) is 5.82. The Hall–Kier alpha value is -1.28. The zero-order valence-electron chi connectivity index (χ0n) is 9.22. The molecule has 2 rings (SSSR count). The largest absolute Gasteiger partial charge is 0.465 e. The Bertz CT molecular complexity index is 299. The van der Waals surface area contributed by atoms with Gasteiger partial charge < -0.3 is 10.4 Å². The summed E-state index contributed by atoms with van der Waals surface area (Å²) in [6.07, 6.45) is 3.22. The van der Waals surface area contributed by atoms with Crippen molar-refractivity contribution in [3.63, 3.8) is 0 Å². The van der Waals surface area contributed by atoms with E-state index < -0.39 is 6.09 Å². The first kappa shape index (κ1) is 11.2. The standard InChI is InChI=1S/C11H17N3O2/c12-5-8-1-3-10(4-2-8)14-6-9(7-14)13-11(15)16/h8-10,13H,1-4,6-7H2,(H,15,16). The van der Waals surface area contributed by atoms with Crippen LogP contribution in [0.3, 0.4) is 0 Å². The molecule has 0 unspecified atom stereocenters. The Balaban J connectivity index is 1.69. The minimum Gasteiger partial charge on any atom is -0.465 e. The Kier molecular flexibility index (Phi) is 3.30. The zero-order chi connectivity index (χ0) is 11.5. The van der Waals surface area contributed by atoms with Gasteiger partial charge in [-0.05, 0) is 25.7 Å². The highest BCUT2D eigenvalue weighted by Gasteiger charge is 2.35. The van der Waals surface area contributed by atoms with Crippen LogP contribution in [0, 0.1) is 17.2 Å². The molecule has 1 saturated heterocycles. The van der Waals surface area contributed by atoms with E-state index in [2.05, 4.69) is 16.3 Å². The molecule has 0 aromatic rings. The molecular weight excluding hydrogens is 206 g/mol. The number of amides is 1. The van der Waals surface area contributed by atoms with Crippen molar-refractivity contribution in [2.75, 3.05) is 13.1 Å². The Labute approximate surface area is 95.0 Å². The molecular formula is C11H17N3O2. The van der Waals surface area contributed by atoms with E-state index in [0.717, 1.165) is 38.8 Å². The van der Waals surface area contributed by atoms with E-state index in [9.17, 15) is 4.79 Å². The molecule has 1 aliphatic carbocycles. The fourth-order valence-corrected chi connectivity index (χ4v) is 2.65. The lowest BCUT2D eigenvalue weighted by atomic mass is 9.85. The van der Waals surface area contributed by atoms with Crippen molar-refractivity contribution in [2.24, 2.45) is 5.92 Å². The molecule has 0 radical (unpaired) electrons. The summed E-state index contributed by atoms with van der Waals surface area (Å²) in [5.74, 6) is 0.241. The number of rotatable bonds is 2. The maximum absolute atomic E-state index is 10.4. The molecule has 2 N–H and O–H groups in total. The van der Waals surface area contributed by atoms with Gasteiger partial charge in [0.2, 0.25) is 0 Å². The molecule has 0 aromatic carbocycles.